The maximum Gasteiger partial charge on any atom is 0.234 e. The average molecular weight is 241 g/mol. The van der Waals surface area contributed by atoms with Gasteiger partial charge in [-0.3, -0.25) is 4.79 Å². The minimum Gasteiger partial charge on any atom is -0.494 e. The first-order valence-electron chi connectivity index (χ1n) is 5.54. The van der Waals surface area contributed by atoms with Gasteiger partial charge in [-0.05, 0) is 18.2 Å². The van der Waals surface area contributed by atoms with Crippen LogP contribution < -0.4 is 0 Å². The predicted molar refractivity (Wildman–Crippen MR) is 66.7 cm³/mol. The Morgan fingerprint density at radius 1 is 1.22 bits per heavy atom. The Morgan fingerprint density at radius 2 is 2.00 bits per heavy atom. The molecule has 0 unspecified atom stereocenters. The number of ketones is 1. The van der Waals surface area contributed by atoms with Crippen molar-refractivity contribution in [3.8, 4) is 5.88 Å². The molecule has 1 aromatic carbocycles. The minimum atomic E-state index is -0.311. The molecular formula is C14H11NO3. The third-order valence-electron chi connectivity index (χ3n) is 3.05. The number of hydrogen-bond donors (Lipinski definition) is 1. The van der Waals surface area contributed by atoms with Gasteiger partial charge in [0.05, 0.1) is 17.3 Å². The van der Waals surface area contributed by atoms with Crippen LogP contribution in [0, 0.1) is 0 Å². The normalized spacial score (nSPS) is 10.9. The first-order valence-corrected chi connectivity index (χ1v) is 5.54. The van der Waals surface area contributed by atoms with Crippen molar-refractivity contribution in [2.75, 3.05) is 0 Å². The van der Waals surface area contributed by atoms with E-state index in [9.17, 15) is 9.90 Å². The molecule has 0 atom stereocenters. The van der Waals surface area contributed by atoms with Crippen molar-refractivity contribution in [1.82, 2.24) is 4.57 Å². The molecule has 0 saturated heterocycles. The summed E-state index contributed by atoms with van der Waals surface area (Å²) in [5.41, 5.74) is 1.09. The van der Waals surface area contributed by atoms with E-state index in [-0.39, 0.29) is 23.0 Å². The molecule has 4 heteroatoms. The summed E-state index contributed by atoms with van der Waals surface area (Å²) in [6.07, 6.45) is 1.44. The molecule has 3 rings (SSSR count). The number of aromatic hydroxyl groups is 1. The molecule has 4 nitrogen and oxygen atoms in total. The summed E-state index contributed by atoms with van der Waals surface area (Å²) in [5, 5.41) is 10.8. The van der Waals surface area contributed by atoms with Crippen LogP contribution in [0.4, 0.5) is 0 Å². The van der Waals surface area contributed by atoms with E-state index in [0.29, 0.717) is 0 Å². The molecule has 0 spiro atoms. The molecule has 18 heavy (non-hydrogen) atoms. The molecule has 90 valence electrons. The number of para-hydroxylation sites is 1. The summed E-state index contributed by atoms with van der Waals surface area (Å²) in [6.45, 7) is 0. The average Bonchev–Trinajstić information content (AvgIpc) is 2.99. The van der Waals surface area contributed by atoms with Crippen LogP contribution in [-0.2, 0) is 7.05 Å². The first-order chi connectivity index (χ1) is 8.70. The number of hydrogen-bond acceptors (Lipinski definition) is 3. The van der Waals surface area contributed by atoms with Crippen LogP contribution in [0.5, 0.6) is 5.88 Å². The standard InChI is InChI=1S/C14H11NO3/c1-15-10-6-3-2-5-9(10)12(14(15)17)13(16)11-7-4-8-18-11/h2-8,17H,1H3. The Kier molecular flexibility index (Phi) is 2.23. The van der Waals surface area contributed by atoms with Gasteiger partial charge in [0.15, 0.2) is 5.76 Å². The van der Waals surface area contributed by atoms with Gasteiger partial charge >= 0.3 is 0 Å². The highest BCUT2D eigenvalue weighted by Crippen LogP contribution is 2.31. The zero-order valence-corrected chi connectivity index (χ0v) is 9.75. The van der Waals surface area contributed by atoms with Crippen molar-refractivity contribution in [2.45, 2.75) is 0 Å². The molecule has 0 aliphatic rings. The van der Waals surface area contributed by atoms with Crippen molar-refractivity contribution < 1.29 is 14.3 Å². The lowest BCUT2D eigenvalue weighted by Gasteiger charge is -1.97. The fraction of sp³-hybridized carbons (Fsp3) is 0.0714. The second kappa shape index (κ2) is 3.77. The van der Waals surface area contributed by atoms with E-state index in [1.54, 1.807) is 23.7 Å². The molecular weight excluding hydrogens is 230 g/mol. The molecule has 2 heterocycles. The van der Waals surface area contributed by atoms with Gasteiger partial charge in [-0.1, -0.05) is 18.2 Å². The number of benzene rings is 1. The molecule has 1 N–H and O–H groups in total. The summed E-state index contributed by atoms with van der Waals surface area (Å²) >= 11 is 0. The summed E-state index contributed by atoms with van der Waals surface area (Å²) < 4.78 is 6.68. The summed E-state index contributed by atoms with van der Waals surface area (Å²) in [6, 6.07) is 10.6. The molecule has 0 amide bonds. The highest BCUT2D eigenvalue weighted by Gasteiger charge is 2.23. The number of carbonyl (C=O) groups is 1. The van der Waals surface area contributed by atoms with Crippen LogP contribution in [0.2, 0.25) is 0 Å². The lowest BCUT2D eigenvalue weighted by molar-refractivity contribution is 0.101. The SMILES string of the molecule is Cn1c(O)c(C(=O)c2ccco2)c2ccccc21. The second-order valence-corrected chi connectivity index (χ2v) is 4.08. The number of aromatic nitrogens is 1. The Bertz CT molecular complexity index is 723. The molecule has 0 radical (unpaired) electrons. The monoisotopic (exact) mass is 241 g/mol. The lowest BCUT2D eigenvalue weighted by Crippen LogP contribution is -1.99. The highest BCUT2D eigenvalue weighted by molar-refractivity contribution is 6.17. The molecule has 0 fully saturated rings. The van der Waals surface area contributed by atoms with Crippen molar-refractivity contribution in [1.29, 1.82) is 0 Å². The number of carbonyl (C=O) groups excluding carboxylic acids is 1. The Labute approximate surface area is 103 Å². The summed E-state index contributed by atoms with van der Waals surface area (Å²) in [7, 11) is 1.72. The Hall–Kier alpha value is -2.49. The van der Waals surface area contributed by atoms with Gasteiger partial charge in [0.1, 0.15) is 0 Å². The maximum atomic E-state index is 12.3. The van der Waals surface area contributed by atoms with Crippen LogP contribution in [0.3, 0.4) is 0 Å². The van der Waals surface area contributed by atoms with E-state index in [0.717, 1.165) is 10.9 Å². The Morgan fingerprint density at radius 3 is 2.72 bits per heavy atom. The van der Waals surface area contributed by atoms with Gasteiger partial charge in [-0.2, -0.15) is 0 Å². The van der Waals surface area contributed by atoms with Crippen molar-refractivity contribution in [2.24, 2.45) is 7.05 Å². The van der Waals surface area contributed by atoms with Crippen LogP contribution in [0.25, 0.3) is 10.9 Å². The maximum absolute atomic E-state index is 12.3. The van der Waals surface area contributed by atoms with E-state index in [2.05, 4.69) is 0 Å². The fourth-order valence-corrected chi connectivity index (χ4v) is 2.13. The van der Waals surface area contributed by atoms with E-state index in [4.69, 9.17) is 4.42 Å². The van der Waals surface area contributed by atoms with Crippen LogP contribution in [0.15, 0.2) is 47.1 Å². The summed E-state index contributed by atoms with van der Waals surface area (Å²) in [5.74, 6) is -0.131. The van der Waals surface area contributed by atoms with Crippen LogP contribution in [-0.4, -0.2) is 15.5 Å². The van der Waals surface area contributed by atoms with Crippen LogP contribution >= 0.6 is 0 Å². The number of rotatable bonds is 2. The minimum absolute atomic E-state index is 0.0439. The number of fused-ring (bicyclic) bond motifs is 1. The zero-order chi connectivity index (χ0) is 12.7. The topological polar surface area (TPSA) is 55.4 Å². The third-order valence-corrected chi connectivity index (χ3v) is 3.05. The van der Waals surface area contributed by atoms with E-state index in [1.165, 1.54) is 6.26 Å². The quantitative estimate of drug-likeness (QED) is 0.702. The van der Waals surface area contributed by atoms with Crippen molar-refractivity contribution in [3.63, 3.8) is 0 Å². The first kappa shape index (κ1) is 10.7. The van der Waals surface area contributed by atoms with Gasteiger partial charge < -0.3 is 14.1 Å². The molecule has 2 aromatic heterocycles. The highest BCUT2D eigenvalue weighted by atomic mass is 16.3. The van der Waals surface area contributed by atoms with Gasteiger partial charge in [-0.25, -0.2) is 0 Å². The van der Waals surface area contributed by atoms with Gasteiger partial charge in [0.25, 0.3) is 0 Å². The smallest absolute Gasteiger partial charge is 0.234 e. The van der Waals surface area contributed by atoms with Crippen molar-refractivity contribution >= 4 is 16.7 Å². The molecule has 0 bridgehead atoms. The second-order valence-electron chi connectivity index (χ2n) is 4.08. The lowest BCUT2D eigenvalue weighted by atomic mass is 10.1. The van der Waals surface area contributed by atoms with Crippen LogP contribution in [0.1, 0.15) is 16.1 Å². The Balaban J connectivity index is 2.30. The largest absolute Gasteiger partial charge is 0.494 e. The zero-order valence-electron chi connectivity index (χ0n) is 9.75. The predicted octanol–water partition coefficient (Wildman–Crippen LogP) is 2.71. The fourth-order valence-electron chi connectivity index (χ4n) is 2.13. The molecule has 0 saturated carbocycles. The number of aryl methyl sites for hydroxylation is 1. The van der Waals surface area contributed by atoms with Gasteiger partial charge in [0, 0.05) is 12.4 Å². The van der Waals surface area contributed by atoms with E-state index >= 15 is 0 Å². The molecule has 0 aliphatic heterocycles. The van der Waals surface area contributed by atoms with E-state index < -0.39 is 0 Å². The van der Waals surface area contributed by atoms with Gasteiger partial charge in [0.2, 0.25) is 11.7 Å². The molecule has 3 aromatic rings. The van der Waals surface area contributed by atoms with Gasteiger partial charge in [-0.15, -0.1) is 0 Å². The van der Waals surface area contributed by atoms with E-state index in [1.807, 2.05) is 24.3 Å². The summed E-state index contributed by atoms with van der Waals surface area (Å²) in [4.78, 5) is 12.3. The molecule has 0 aliphatic carbocycles. The number of nitrogens with zero attached hydrogens (tertiary/aromatic N) is 1. The third kappa shape index (κ3) is 1.35. The van der Waals surface area contributed by atoms with Crippen molar-refractivity contribution in [3.05, 3.63) is 54.0 Å². The number of furan rings is 1.